The average Bonchev–Trinajstić information content (AvgIpc) is 2.47. The molecule has 0 fully saturated rings. The Balaban J connectivity index is 2.16. The molecule has 0 unspecified atom stereocenters. The normalized spacial score (nSPS) is 9.45. The Kier molecular flexibility index (Phi) is 4.41. The second-order valence-electron chi connectivity index (χ2n) is 4.06. The van der Waals surface area contributed by atoms with Crippen LogP contribution < -0.4 is 0 Å². The Bertz CT molecular complexity index is 661. The summed E-state index contributed by atoms with van der Waals surface area (Å²) >= 11 is 0. The minimum atomic E-state index is -0.340. The van der Waals surface area contributed by atoms with E-state index in [1.54, 1.807) is 49.4 Å². The molecule has 1 N–H and O–H groups in total. The molecule has 0 radical (unpaired) electrons. The molecule has 0 bridgehead atoms. The van der Waals surface area contributed by atoms with E-state index >= 15 is 0 Å². The maximum Gasteiger partial charge on any atom is 0.338 e. The summed E-state index contributed by atoms with van der Waals surface area (Å²) in [6.07, 6.45) is 0. The molecular weight excluding hydrogens is 252 g/mol. The van der Waals surface area contributed by atoms with Gasteiger partial charge in [0.15, 0.2) is 0 Å². The number of phenolic OH excluding ortho intramolecular Hbond substituents is 1. The number of esters is 1. The lowest BCUT2D eigenvalue weighted by Gasteiger charge is -2.00. The Morgan fingerprint density at radius 3 is 2.45 bits per heavy atom. The summed E-state index contributed by atoms with van der Waals surface area (Å²) in [5.74, 6) is 5.64. The third-order valence-corrected chi connectivity index (χ3v) is 2.64. The predicted octanol–water partition coefficient (Wildman–Crippen LogP) is 2.97. The van der Waals surface area contributed by atoms with Crippen molar-refractivity contribution >= 4 is 5.97 Å². The SMILES string of the molecule is CCOC(=O)c1ccc(C#Cc2ccccc2O)cc1. The van der Waals surface area contributed by atoms with Crippen LogP contribution >= 0.6 is 0 Å². The van der Waals surface area contributed by atoms with Gasteiger partial charge in [-0.3, -0.25) is 0 Å². The maximum atomic E-state index is 11.5. The van der Waals surface area contributed by atoms with Crippen LogP contribution in [-0.4, -0.2) is 17.7 Å². The van der Waals surface area contributed by atoms with Crippen molar-refractivity contribution in [2.75, 3.05) is 6.61 Å². The van der Waals surface area contributed by atoms with Gasteiger partial charge < -0.3 is 9.84 Å². The molecule has 0 saturated heterocycles. The summed E-state index contributed by atoms with van der Waals surface area (Å²) in [7, 11) is 0. The molecule has 100 valence electrons. The second-order valence-corrected chi connectivity index (χ2v) is 4.06. The van der Waals surface area contributed by atoms with E-state index in [1.165, 1.54) is 0 Å². The molecule has 0 aliphatic rings. The van der Waals surface area contributed by atoms with Crippen LogP contribution in [0.15, 0.2) is 48.5 Å². The first-order chi connectivity index (χ1) is 9.70. The van der Waals surface area contributed by atoms with Gasteiger partial charge in [-0.05, 0) is 43.3 Å². The summed E-state index contributed by atoms with van der Waals surface area (Å²) in [5.41, 5.74) is 1.84. The lowest BCUT2D eigenvalue weighted by atomic mass is 10.1. The molecule has 3 nitrogen and oxygen atoms in total. The Morgan fingerprint density at radius 2 is 1.80 bits per heavy atom. The summed E-state index contributed by atoms with van der Waals surface area (Å²) in [6.45, 7) is 2.12. The van der Waals surface area contributed by atoms with Crippen LogP contribution in [0.5, 0.6) is 5.75 Å². The van der Waals surface area contributed by atoms with Crippen molar-refractivity contribution in [3.8, 4) is 17.6 Å². The summed E-state index contributed by atoms with van der Waals surface area (Å²) in [6, 6.07) is 13.7. The molecule has 0 amide bonds. The molecule has 2 aromatic carbocycles. The van der Waals surface area contributed by atoms with Crippen molar-refractivity contribution in [2.45, 2.75) is 6.92 Å². The van der Waals surface area contributed by atoms with E-state index in [9.17, 15) is 9.90 Å². The lowest BCUT2D eigenvalue weighted by Crippen LogP contribution is -2.04. The number of para-hydroxylation sites is 1. The highest BCUT2D eigenvalue weighted by molar-refractivity contribution is 5.89. The zero-order valence-corrected chi connectivity index (χ0v) is 11.1. The number of carbonyl (C=O) groups is 1. The average molecular weight is 266 g/mol. The Hall–Kier alpha value is -2.73. The number of carbonyl (C=O) groups excluding carboxylic acids is 1. The molecule has 0 aromatic heterocycles. The maximum absolute atomic E-state index is 11.5. The van der Waals surface area contributed by atoms with Crippen LogP contribution in [0.4, 0.5) is 0 Å². The third-order valence-electron chi connectivity index (χ3n) is 2.64. The van der Waals surface area contributed by atoms with Crippen LogP contribution in [-0.2, 0) is 4.74 Å². The number of phenols is 1. The van der Waals surface area contributed by atoms with Crippen LogP contribution in [0.25, 0.3) is 0 Å². The number of hydrogen-bond donors (Lipinski definition) is 1. The fourth-order valence-electron chi connectivity index (χ4n) is 1.62. The second kappa shape index (κ2) is 6.44. The van der Waals surface area contributed by atoms with Gasteiger partial charge in [0.1, 0.15) is 5.75 Å². The highest BCUT2D eigenvalue weighted by atomic mass is 16.5. The fraction of sp³-hybridized carbons (Fsp3) is 0.118. The van der Waals surface area contributed by atoms with Gasteiger partial charge in [0.05, 0.1) is 17.7 Å². The minimum Gasteiger partial charge on any atom is -0.507 e. The van der Waals surface area contributed by atoms with Crippen LogP contribution in [0.1, 0.15) is 28.4 Å². The van der Waals surface area contributed by atoms with Gasteiger partial charge in [-0.1, -0.05) is 24.0 Å². The van der Waals surface area contributed by atoms with Gasteiger partial charge in [0.25, 0.3) is 0 Å². The molecule has 0 saturated carbocycles. The number of hydrogen-bond acceptors (Lipinski definition) is 3. The van der Waals surface area contributed by atoms with Gasteiger partial charge in [0.2, 0.25) is 0 Å². The molecular formula is C17H14O3. The Labute approximate surface area is 117 Å². The van der Waals surface area contributed by atoms with Crippen molar-refractivity contribution in [3.05, 3.63) is 65.2 Å². The first kappa shape index (κ1) is 13.7. The molecule has 0 heterocycles. The number of benzene rings is 2. The summed E-state index contributed by atoms with van der Waals surface area (Å²) in [5, 5.41) is 9.60. The van der Waals surface area contributed by atoms with Gasteiger partial charge in [-0.15, -0.1) is 0 Å². The lowest BCUT2D eigenvalue weighted by molar-refractivity contribution is 0.0526. The number of aromatic hydroxyl groups is 1. The molecule has 0 spiro atoms. The predicted molar refractivity (Wildman–Crippen MR) is 76.5 cm³/mol. The molecule has 0 aliphatic heterocycles. The molecule has 0 aliphatic carbocycles. The third kappa shape index (κ3) is 3.39. The molecule has 20 heavy (non-hydrogen) atoms. The van der Waals surface area contributed by atoms with E-state index in [-0.39, 0.29) is 11.7 Å². The van der Waals surface area contributed by atoms with Gasteiger partial charge >= 0.3 is 5.97 Å². The quantitative estimate of drug-likeness (QED) is 0.671. The molecule has 2 rings (SSSR count). The molecule has 0 atom stereocenters. The van der Waals surface area contributed by atoms with Crippen LogP contribution in [0.3, 0.4) is 0 Å². The minimum absolute atomic E-state index is 0.156. The van der Waals surface area contributed by atoms with Gasteiger partial charge in [-0.2, -0.15) is 0 Å². The Morgan fingerprint density at radius 1 is 1.10 bits per heavy atom. The zero-order chi connectivity index (χ0) is 14.4. The van der Waals surface area contributed by atoms with Gasteiger partial charge in [-0.25, -0.2) is 4.79 Å². The largest absolute Gasteiger partial charge is 0.507 e. The summed E-state index contributed by atoms with van der Waals surface area (Å²) < 4.78 is 4.90. The van der Waals surface area contributed by atoms with Crippen molar-refractivity contribution in [3.63, 3.8) is 0 Å². The molecule has 2 aromatic rings. The zero-order valence-electron chi connectivity index (χ0n) is 11.1. The fourth-order valence-corrected chi connectivity index (χ4v) is 1.62. The highest BCUT2D eigenvalue weighted by Crippen LogP contribution is 2.14. The van der Waals surface area contributed by atoms with E-state index in [2.05, 4.69) is 11.8 Å². The number of ether oxygens (including phenoxy) is 1. The van der Waals surface area contributed by atoms with E-state index < -0.39 is 0 Å². The van der Waals surface area contributed by atoms with E-state index in [4.69, 9.17) is 4.74 Å². The molecule has 3 heteroatoms. The van der Waals surface area contributed by atoms with E-state index in [1.807, 2.05) is 6.07 Å². The van der Waals surface area contributed by atoms with Crippen molar-refractivity contribution in [1.82, 2.24) is 0 Å². The van der Waals surface area contributed by atoms with Crippen LogP contribution in [0.2, 0.25) is 0 Å². The smallest absolute Gasteiger partial charge is 0.338 e. The summed E-state index contributed by atoms with van der Waals surface area (Å²) in [4.78, 5) is 11.5. The van der Waals surface area contributed by atoms with E-state index in [0.29, 0.717) is 17.7 Å². The van der Waals surface area contributed by atoms with Crippen LogP contribution in [0, 0.1) is 11.8 Å². The van der Waals surface area contributed by atoms with Gasteiger partial charge in [0, 0.05) is 5.56 Å². The van der Waals surface area contributed by atoms with E-state index in [0.717, 1.165) is 5.56 Å². The monoisotopic (exact) mass is 266 g/mol. The topological polar surface area (TPSA) is 46.5 Å². The standard InChI is InChI=1S/C17H14O3/c1-2-20-17(19)15-11-8-13(9-12-15)7-10-14-5-3-4-6-16(14)18/h3-6,8-9,11-12,18H,2H2,1H3. The first-order valence-corrected chi connectivity index (χ1v) is 6.28. The first-order valence-electron chi connectivity index (χ1n) is 6.28. The van der Waals surface area contributed by atoms with Crippen molar-refractivity contribution < 1.29 is 14.6 Å². The number of rotatable bonds is 2. The van der Waals surface area contributed by atoms with Crippen molar-refractivity contribution in [2.24, 2.45) is 0 Å². The van der Waals surface area contributed by atoms with Crippen molar-refractivity contribution in [1.29, 1.82) is 0 Å². The highest BCUT2D eigenvalue weighted by Gasteiger charge is 2.04.